The Morgan fingerprint density at radius 3 is 2.70 bits per heavy atom. The van der Waals surface area contributed by atoms with Gasteiger partial charge in [0.05, 0.1) is 17.3 Å². The molecule has 30 heavy (non-hydrogen) atoms. The van der Waals surface area contributed by atoms with Crippen molar-refractivity contribution in [2.45, 2.75) is 37.9 Å². The van der Waals surface area contributed by atoms with Gasteiger partial charge in [0.1, 0.15) is 17.7 Å². The van der Waals surface area contributed by atoms with E-state index in [1.54, 1.807) is 24.1 Å². The number of carbonyl (C=O) groups excluding carboxylic acids is 1. The van der Waals surface area contributed by atoms with Gasteiger partial charge in [-0.15, -0.1) is 10.2 Å². The first-order chi connectivity index (χ1) is 14.3. The largest absolute Gasteiger partial charge is 0.507 e. The average Bonchev–Trinajstić information content (AvgIpc) is 2.95. The summed E-state index contributed by atoms with van der Waals surface area (Å²) in [6.45, 7) is 0.0264. The molecule has 9 heteroatoms. The van der Waals surface area contributed by atoms with Gasteiger partial charge in [-0.05, 0) is 49.4 Å². The lowest BCUT2D eigenvalue weighted by atomic mass is 9.97. The van der Waals surface area contributed by atoms with Gasteiger partial charge in [0.2, 0.25) is 0 Å². The van der Waals surface area contributed by atoms with Crippen LogP contribution in [0.2, 0.25) is 0 Å². The summed E-state index contributed by atoms with van der Waals surface area (Å²) in [5, 5.41) is 30.2. The second-order valence-corrected chi connectivity index (χ2v) is 7.61. The number of halogens is 2. The number of aromatic hydroxyl groups is 1. The van der Waals surface area contributed by atoms with Crippen LogP contribution in [0.3, 0.4) is 0 Å². The lowest BCUT2D eigenvalue weighted by Crippen LogP contribution is -2.40. The van der Waals surface area contributed by atoms with Crippen molar-refractivity contribution in [1.29, 1.82) is 0 Å². The van der Waals surface area contributed by atoms with Gasteiger partial charge >= 0.3 is 0 Å². The van der Waals surface area contributed by atoms with E-state index in [4.69, 9.17) is 0 Å². The lowest BCUT2D eigenvalue weighted by Gasteiger charge is -2.31. The molecule has 1 aromatic heterocycles. The number of anilines is 1. The number of aliphatic hydroxyl groups excluding tert-OH is 1. The molecule has 0 radical (unpaired) electrons. The number of carbonyl (C=O) groups is 1. The zero-order chi connectivity index (χ0) is 21.8. The average molecular weight is 420 g/mol. The first-order valence-corrected chi connectivity index (χ1v) is 9.92. The number of benzene rings is 1. The number of rotatable bonds is 5. The number of nitrogens with one attached hydrogen (secondary N) is 1. The molecule has 1 saturated carbocycles. The van der Waals surface area contributed by atoms with Crippen molar-refractivity contribution >= 4 is 11.7 Å². The zero-order valence-electron chi connectivity index (χ0n) is 17.0. The van der Waals surface area contributed by atoms with Crippen molar-refractivity contribution in [2.24, 2.45) is 5.92 Å². The Morgan fingerprint density at radius 2 is 2.07 bits per heavy atom. The van der Waals surface area contributed by atoms with Crippen molar-refractivity contribution in [1.82, 2.24) is 15.5 Å². The maximum atomic E-state index is 14.6. The van der Waals surface area contributed by atoms with Gasteiger partial charge in [-0.1, -0.05) is 6.42 Å². The number of amides is 1. The van der Waals surface area contributed by atoms with E-state index in [0.717, 1.165) is 25.0 Å². The Bertz CT molecular complexity index is 895. The molecule has 3 rings (SSSR count). The summed E-state index contributed by atoms with van der Waals surface area (Å²) in [5.41, 5.74) is 0.0433. The summed E-state index contributed by atoms with van der Waals surface area (Å²) in [6, 6.07) is 4.82. The third kappa shape index (κ3) is 4.51. The van der Waals surface area contributed by atoms with Crippen LogP contribution in [-0.2, 0) is 0 Å². The van der Waals surface area contributed by atoms with Crippen LogP contribution in [0.25, 0.3) is 11.3 Å². The summed E-state index contributed by atoms with van der Waals surface area (Å²) in [6.07, 6.45) is 1.44. The number of hydrogen-bond donors (Lipinski definition) is 3. The number of aromatic nitrogens is 2. The van der Waals surface area contributed by atoms with Crippen LogP contribution in [0, 0.1) is 11.7 Å². The van der Waals surface area contributed by atoms with Gasteiger partial charge in [0, 0.05) is 26.3 Å². The van der Waals surface area contributed by atoms with Crippen LogP contribution in [0.5, 0.6) is 5.75 Å². The van der Waals surface area contributed by atoms with E-state index in [-0.39, 0.29) is 35.1 Å². The van der Waals surface area contributed by atoms with Gasteiger partial charge in [-0.2, -0.15) is 0 Å². The van der Waals surface area contributed by atoms with Crippen LogP contribution < -0.4 is 10.2 Å². The third-order valence-corrected chi connectivity index (χ3v) is 5.69. The smallest absolute Gasteiger partial charge is 0.254 e. The van der Waals surface area contributed by atoms with E-state index in [0.29, 0.717) is 18.7 Å². The second-order valence-electron chi connectivity index (χ2n) is 7.61. The lowest BCUT2D eigenvalue weighted by molar-refractivity contribution is 0.0958. The summed E-state index contributed by atoms with van der Waals surface area (Å²) in [4.78, 5) is 13.4. The highest BCUT2D eigenvalue weighted by atomic mass is 19.1. The van der Waals surface area contributed by atoms with Gasteiger partial charge in [-0.25, -0.2) is 8.78 Å². The first-order valence-electron chi connectivity index (χ1n) is 9.92. The van der Waals surface area contributed by atoms with Crippen molar-refractivity contribution in [3.63, 3.8) is 0 Å². The molecule has 162 valence electrons. The second kappa shape index (κ2) is 9.34. The van der Waals surface area contributed by atoms with E-state index in [1.807, 2.05) is 0 Å². The first kappa shape index (κ1) is 21.9. The minimum Gasteiger partial charge on any atom is -0.507 e. The van der Waals surface area contributed by atoms with Crippen molar-refractivity contribution in [3.8, 4) is 17.0 Å². The van der Waals surface area contributed by atoms with Gasteiger partial charge < -0.3 is 20.4 Å². The van der Waals surface area contributed by atoms with Gasteiger partial charge in [0.25, 0.3) is 5.91 Å². The number of hydrogen-bond acceptors (Lipinski definition) is 6. The minimum atomic E-state index is -1.04. The summed E-state index contributed by atoms with van der Waals surface area (Å²) >= 11 is 0. The van der Waals surface area contributed by atoms with Crippen LogP contribution in [0.15, 0.2) is 24.3 Å². The topological polar surface area (TPSA) is 98.6 Å². The molecular formula is C21H26F2N4O3. The van der Waals surface area contributed by atoms with E-state index in [2.05, 4.69) is 15.5 Å². The van der Waals surface area contributed by atoms with Crippen LogP contribution >= 0.6 is 0 Å². The zero-order valence-corrected chi connectivity index (χ0v) is 17.0. The standard InChI is InChI=1S/C21H26F2N4O3/c1-24-21(30)13-10-19(29)14(9-16(13)23)17-6-7-20(26-25-17)27(2)18-8-12(11-28)4-3-5-15(18)22/h6-7,9-10,12,15,18,28-29H,3-5,8,11H2,1-2H3,(H,24,30)/t12-,15+,18-/m1/s1. The molecule has 7 nitrogen and oxygen atoms in total. The molecule has 1 aliphatic rings. The van der Waals surface area contributed by atoms with Crippen LogP contribution in [-0.4, -0.2) is 59.2 Å². The summed E-state index contributed by atoms with van der Waals surface area (Å²) in [5.74, 6) is -1.26. The normalized spacial score (nSPS) is 21.7. The van der Waals surface area contributed by atoms with Gasteiger partial charge in [-0.3, -0.25) is 4.79 Å². The number of aliphatic hydroxyl groups is 1. The Labute approximate surface area is 173 Å². The molecule has 0 saturated heterocycles. The molecule has 1 heterocycles. The minimum absolute atomic E-state index is 0.0264. The summed E-state index contributed by atoms with van der Waals surface area (Å²) < 4.78 is 28.9. The highest BCUT2D eigenvalue weighted by Crippen LogP contribution is 2.32. The number of phenolic OH excluding ortho intramolecular Hbond substituents is 1. The SMILES string of the molecule is CNC(=O)c1cc(O)c(-c2ccc(N(C)[C@@H]3C[C@H](CO)CCC[C@@H]3F)nn2)cc1F. The van der Waals surface area contributed by atoms with Crippen molar-refractivity contribution in [3.05, 3.63) is 35.6 Å². The van der Waals surface area contributed by atoms with Crippen molar-refractivity contribution in [2.75, 3.05) is 25.6 Å². The molecule has 1 aromatic carbocycles. The maximum absolute atomic E-state index is 14.6. The Morgan fingerprint density at radius 1 is 1.30 bits per heavy atom. The van der Waals surface area contributed by atoms with E-state index in [1.165, 1.54) is 7.05 Å². The fourth-order valence-corrected chi connectivity index (χ4v) is 3.87. The van der Waals surface area contributed by atoms with Crippen LogP contribution in [0.4, 0.5) is 14.6 Å². The monoisotopic (exact) mass is 420 g/mol. The number of phenols is 1. The Balaban J connectivity index is 1.84. The third-order valence-electron chi connectivity index (χ3n) is 5.69. The predicted molar refractivity (Wildman–Crippen MR) is 109 cm³/mol. The quantitative estimate of drug-likeness (QED) is 0.644. The fraction of sp³-hybridized carbons (Fsp3) is 0.476. The molecular weight excluding hydrogens is 394 g/mol. The number of alkyl halides is 1. The molecule has 3 atom stereocenters. The molecule has 2 aromatic rings. The predicted octanol–water partition coefficient (Wildman–Crippen LogP) is 2.67. The molecule has 1 aliphatic carbocycles. The van der Waals surface area contributed by atoms with E-state index < -0.39 is 23.9 Å². The van der Waals surface area contributed by atoms with Crippen LogP contribution in [0.1, 0.15) is 36.0 Å². The molecule has 0 unspecified atom stereocenters. The van der Waals surface area contributed by atoms with E-state index >= 15 is 0 Å². The fourth-order valence-electron chi connectivity index (χ4n) is 3.87. The highest BCUT2D eigenvalue weighted by molar-refractivity contribution is 5.95. The Hall–Kier alpha value is -2.81. The number of nitrogens with zero attached hydrogens (tertiary/aromatic N) is 3. The molecule has 1 amide bonds. The van der Waals surface area contributed by atoms with Crippen molar-refractivity contribution < 1.29 is 23.8 Å². The molecule has 0 bridgehead atoms. The van der Waals surface area contributed by atoms with Gasteiger partial charge in [0.15, 0.2) is 5.82 Å². The summed E-state index contributed by atoms with van der Waals surface area (Å²) in [7, 11) is 3.10. The Kier molecular flexibility index (Phi) is 6.81. The van der Waals surface area contributed by atoms with E-state index in [9.17, 15) is 23.8 Å². The maximum Gasteiger partial charge on any atom is 0.254 e. The molecule has 0 aliphatic heterocycles. The molecule has 1 fully saturated rings. The molecule has 3 N–H and O–H groups in total. The highest BCUT2D eigenvalue weighted by Gasteiger charge is 2.31. The molecule has 0 spiro atoms.